The van der Waals surface area contributed by atoms with Crippen molar-refractivity contribution >= 4 is 49.7 Å². The molecule has 1 aromatic carbocycles. The normalized spacial score (nSPS) is 10.8. The van der Waals surface area contributed by atoms with E-state index in [0.717, 1.165) is 11.3 Å². The minimum Gasteiger partial charge on any atom is -0.320 e. The van der Waals surface area contributed by atoms with Gasteiger partial charge in [0.1, 0.15) is 10.4 Å². The Balaban J connectivity index is 2.44. The summed E-state index contributed by atoms with van der Waals surface area (Å²) < 4.78 is 26.8. The Morgan fingerprint density at radius 1 is 1.33 bits per heavy atom. The SMILES string of the molecule is NCC#Cc1cc(Cl)c(S(=O)(=O)Nc2nncs2)c(Cl)c1. The van der Waals surface area contributed by atoms with Gasteiger partial charge in [0.25, 0.3) is 10.0 Å². The van der Waals surface area contributed by atoms with Crippen molar-refractivity contribution in [3.63, 3.8) is 0 Å². The molecule has 0 aliphatic carbocycles. The lowest BCUT2D eigenvalue weighted by atomic mass is 10.2. The Kier molecular flexibility index (Phi) is 5.03. The molecule has 6 nitrogen and oxygen atoms in total. The van der Waals surface area contributed by atoms with Gasteiger partial charge in [0.2, 0.25) is 5.13 Å². The summed E-state index contributed by atoms with van der Waals surface area (Å²) in [6, 6.07) is 2.81. The van der Waals surface area contributed by atoms with E-state index in [-0.39, 0.29) is 26.6 Å². The molecule has 1 aromatic heterocycles. The average molecular weight is 363 g/mol. The third kappa shape index (κ3) is 3.84. The van der Waals surface area contributed by atoms with Gasteiger partial charge in [-0.25, -0.2) is 8.42 Å². The van der Waals surface area contributed by atoms with Crippen molar-refractivity contribution in [1.82, 2.24) is 10.2 Å². The first-order valence-electron chi connectivity index (χ1n) is 5.41. The van der Waals surface area contributed by atoms with Crippen LogP contribution in [-0.2, 0) is 10.0 Å². The summed E-state index contributed by atoms with van der Waals surface area (Å²) in [5.74, 6) is 5.36. The van der Waals surface area contributed by atoms with Crippen LogP contribution in [0.3, 0.4) is 0 Å². The predicted octanol–water partition coefficient (Wildman–Crippen LogP) is 1.96. The molecule has 0 spiro atoms. The number of hydrogen-bond acceptors (Lipinski definition) is 6. The molecule has 0 amide bonds. The van der Waals surface area contributed by atoms with E-state index in [1.165, 1.54) is 17.6 Å². The standard InChI is InChI=1S/C11H8Cl2N4O2S2/c12-8-4-7(2-1-3-14)5-9(13)10(8)21(18,19)17-11-16-15-6-20-11/h4-6H,3,14H2,(H,16,17). The van der Waals surface area contributed by atoms with Crippen molar-refractivity contribution < 1.29 is 8.42 Å². The maximum atomic E-state index is 12.3. The van der Waals surface area contributed by atoms with Crippen LogP contribution in [0.15, 0.2) is 22.5 Å². The van der Waals surface area contributed by atoms with Crippen molar-refractivity contribution in [2.75, 3.05) is 11.3 Å². The first-order valence-corrected chi connectivity index (χ1v) is 8.53. The van der Waals surface area contributed by atoms with Crippen molar-refractivity contribution in [2.45, 2.75) is 4.90 Å². The molecule has 0 saturated heterocycles. The quantitative estimate of drug-likeness (QED) is 0.813. The molecule has 0 saturated carbocycles. The molecule has 1 heterocycles. The highest BCUT2D eigenvalue weighted by atomic mass is 35.5. The number of rotatable bonds is 3. The smallest absolute Gasteiger partial charge is 0.266 e. The van der Waals surface area contributed by atoms with Gasteiger partial charge in [-0.1, -0.05) is 46.4 Å². The molecule has 2 aromatic rings. The second kappa shape index (κ2) is 6.60. The van der Waals surface area contributed by atoms with E-state index in [2.05, 4.69) is 26.8 Å². The zero-order chi connectivity index (χ0) is 15.5. The number of sulfonamides is 1. The summed E-state index contributed by atoms with van der Waals surface area (Å²) in [5.41, 5.74) is 7.14. The fraction of sp³-hybridized carbons (Fsp3) is 0.0909. The van der Waals surface area contributed by atoms with Gasteiger partial charge in [-0.3, -0.25) is 4.72 Å². The molecule has 21 heavy (non-hydrogen) atoms. The lowest BCUT2D eigenvalue weighted by Crippen LogP contribution is -2.14. The molecule has 0 aliphatic heterocycles. The Bertz CT molecular complexity index is 787. The summed E-state index contributed by atoms with van der Waals surface area (Å²) in [6.07, 6.45) is 0. The Morgan fingerprint density at radius 3 is 2.52 bits per heavy atom. The minimum atomic E-state index is -3.96. The number of halogens is 2. The number of benzene rings is 1. The first kappa shape index (κ1) is 16.0. The van der Waals surface area contributed by atoms with Crippen LogP contribution < -0.4 is 10.5 Å². The zero-order valence-electron chi connectivity index (χ0n) is 10.3. The number of hydrogen-bond donors (Lipinski definition) is 2. The highest BCUT2D eigenvalue weighted by Gasteiger charge is 2.23. The number of aromatic nitrogens is 2. The highest BCUT2D eigenvalue weighted by molar-refractivity contribution is 7.93. The van der Waals surface area contributed by atoms with E-state index in [1.807, 2.05) is 0 Å². The van der Waals surface area contributed by atoms with Crippen LogP contribution in [0, 0.1) is 11.8 Å². The fourth-order valence-corrected chi connectivity index (χ4v) is 4.34. The maximum Gasteiger partial charge on any atom is 0.266 e. The molecule has 0 radical (unpaired) electrons. The molecule has 0 unspecified atom stereocenters. The molecule has 2 rings (SSSR count). The van der Waals surface area contributed by atoms with Gasteiger partial charge >= 0.3 is 0 Å². The van der Waals surface area contributed by atoms with Gasteiger partial charge in [-0.2, -0.15) is 0 Å². The molecule has 110 valence electrons. The summed E-state index contributed by atoms with van der Waals surface area (Å²) in [7, 11) is -3.96. The van der Waals surface area contributed by atoms with Gasteiger partial charge in [0.15, 0.2) is 0 Å². The number of nitrogens with zero attached hydrogens (tertiary/aromatic N) is 2. The Hall–Kier alpha value is -1.37. The van der Waals surface area contributed by atoms with Crippen LogP contribution in [0.1, 0.15) is 5.56 Å². The first-order chi connectivity index (χ1) is 9.94. The Morgan fingerprint density at radius 2 is 2.00 bits per heavy atom. The van der Waals surface area contributed by atoms with Crippen LogP contribution in [0.2, 0.25) is 10.0 Å². The molecule has 0 aliphatic rings. The van der Waals surface area contributed by atoms with Crippen molar-refractivity contribution in [1.29, 1.82) is 0 Å². The molecular formula is C11H8Cl2N4O2S2. The molecule has 0 fully saturated rings. The number of nitrogens with two attached hydrogens (primary N) is 1. The molecule has 3 N–H and O–H groups in total. The van der Waals surface area contributed by atoms with Crippen molar-refractivity contribution in [3.8, 4) is 11.8 Å². The van der Waals surface area contributed by atoms with Gasteiger partial charge in [0.05, 0.1) is 16.6 Å². The molecule has 10 heteroatoms. The third-order valence-corrected chi connectivity index (χ3v) is 5.18. The molecule has 0 bridgehead atoms. The minimum absolute atomic E-state index is 0.0409. The van der Waals surface area contributed by atoms with Crippen LogP contribution >= 0.6 is 34.5 Å². The zero-order valence-corrected chi connectivity index (χ0v) is 13.4. The largest absolute Gasteiger partial charge is 0.320 e. The second-order valence-electron chi connectivity index (χ2n) is 3.62. The van der Waals surface area contributed by atoms with E-state index in [9.17, 15) is 8.42 Å². The van der Waals surface area contributed by atoms with Crippen LogP contribution in [0.25, 0.3) is 0 Å². The summed E-state index contributed by atoms with van der Waals surface area (Å²) >= 11 is 13.0. The van der Waals surface area contributed by atoms with E-state index in [4.69, 9.17) is 28.9 Å². The summed E-state index contributed by atoms with van der Waals surface area (Å²) in [4.78, 5) is -0.237. The fourth-order valence-electron chi connectivity index (χ4n) is 1.43. The van der Waals surface area contributed by atoms with Gasteiger partial charge in [0, 0.05) is 5.56 Å². The van der Waals surface area contributed by atoms with Crippen molar-refractivity contribution in [3.05, 3.63) is 33.3 Å². The topological polar surface area (TPSA) is 98.0 Å². The average Bonchev–Trinajstić information content (AvgIpc) is 2.87. The number of anilines is 1. The molecule has 0 atom stereocenters. The monoisotopic (exact) mass is 362 g/mol. The van der Waals surface area contributed by atoms with Gasteiger partial charge < -0.3 is 5.73 Å². The maximum absolute atomic E-state index is 12.3. The lowest BCUT2D eigenvalue weighted by Gasteiger charge is -2.09. The van der Waals surface area contributed by atoms with Gasteiger partial charge in [-0.05, 0) is 12.1 Å². The van der Waals surface area contributed by atoms with Gasteiger partial charge in [-0.15, -0.1) is 10.2 Å². The van der Waals surface area contributed by atoms with E-state index in [0.29, 0.717) is 5.56 Å². The van der Waals surface area contributed by atoms with Crippen LogP contribution in [0.4, 0.5) is 5.13 Å². The highest BCUT2D eigenvalue weighted by Crippen LogP contribution is 2.32. The predicted molar refractivity (Wildman–Crippen MR) is 83.1 cm³/mol. The van der Waals surface area contributed by atoms with E-state index >= 15 is 0 Å². The Labute approximate surface area is 135 Å². The lowest BCUT2D eigenvalue weighted by molar-refractivity contribution is 0.601. The van der Waals surface area contributed by atoms with Crippen LogP contribution in [0.5, 0.6) is 0 Å². The van der Waals surface area contributed by atoms with Crippen molar-refractivity contribution in [2.24, 2.45) is 5.73 Å². The van der Waals surface area contributed by atoms with E-state index < -0.39 is 10.0 Å². The summed E-state index contributed by atoms with van der Waals surface area (Å²) in [5, 5.41) is 7.18. The third-order valence-electron chi connectivity index (χ3n) is 2.18. The van der Waals surface area contributed by atoms with Crippen LogP contribution in [-0.4, -0.2) is 25.2 Å². The second-order valence-corrected chi connectivity index (χ2v) is 6.89. The molecular weight excluding hydrogens is 355 g/mol. The number of nitrogens with one attached hydrogen (secondary N) is 1. The van der Waals surface area contributed by atoms with E-state index in [1.54, 1.807) is 0 Å². The summed E-state index contributed by atoms with van der Waals surface area (Å²) in [6.45, 7) is 0.174.